The predicted octanol–water partition coefficient (Wildman–Crippen LogP) is 1.90. The van der Waals surface area contributed by atoms with Crippen molar-refractivity contribution in [3.8, 4) is 0 Å². The number of benzene rings is 1. The lowest BCUT2D eigenvalue weighted by Crippen LogP contribution is -2.47. The van der Waals surface area contributed by atoms with Crippen LogP contribution < -0.4 is 10.6 Å². The molecular weight excluding hydrogens is 328 g/mol. The molecule has 1 heterocycles. The largest absolute Gasteiger partial charge is 0.467 e. The second-order valence-corrected chi connectivity index (χ2v) is 6.00. The maximum Gasteiger partial charge on any atom is 0.333 e. The van der Waals surface area contributed by atoms with Gasteiger partial charge in [0.1, 0.15) is 6.04 Å². The molecule has 0 aliphatic heterocycles. The van der Waals surface area contributed by atoms with Gasteiger partial charge >= 0.3 is 5.97 Å². The second kappa shape index (κ2) is 8.26. The van der Waals surface area contributed by atoms with Crippen molar-refractivity contribution in [2.24, 2.45) is 0 Å². The van der Waals surface area contributed by atoms with E-state index in [9.17, 15) is 14.4 Å². The first-order chi connectivity index (χ1) is 11.5. The molecule has 0 unspecified atom stereocenters. The summed E-state index contributed by atoms with van der Waals surface area (Å²) in [5, 5.41) is 6.99. The fraction of sp³-hybridized carbons (Fsp3) is 0.235. The van der Waals surface area contributed by atoms with Crippen molar-refractivity contribution in [2.75, 3.05) is 7.11 Å². The number of carbonyl (C=O) groups excluding carboxylic acids is 3. The first-order valence-electron chi connectivity index (χ1n) is 7.30. The van der Waals surface area contributed by atoms with Crippen LogP contribution in [0.4, 0.5) is 0 Å². The molecule has 0 aliphatic rings. The van der Waals surface area contributed by atoms with E-state index in [0.717, 1.165) is 0 Å². The molecule has 126 valence electrons. The van der Waals surface area contributed by atoms with Gasteiger partial charge in [-0.1, -0.05) is 36.4 Å². The molecule has 0 spiro atoms. The molecule has 6 nitrogen and oxygen atoms in total. The molecule has 0 saturated carbocycles. The van der Waals surface area contributed by atoms with Crippen molar-refractivity contribution in [3.05, 3.63) is 58.3 Å². The first-order valence-corrected chi connectivity index (χ1v) is 8.18. The van der Waals surface area contributed by atoms with Crippen molar-refractivity contribution in [1.82, 2.24) is 10.6 Å². The molecule has 0 aliphatic carbocycles. The highest BCUT2D eigenvalue weighted by molar-refractivity contribution is 7.12. The van der Waals surface area contributed by atoms with Crippen LogP contribution in [0.5, 0.6) is 0 Å². The Bertz CT molecular complexity index is 701. The third-order valence-corrected chi connectivity index (χ3v) is 4.21. The van der Waals surface area contributed by atoms with E-state index < -0.39 is 24.0 Å². The normalized spacial score (nSPS) is 12.8. The summed E-state index contributed by atoms with van der Waals surface area (Å²) < 4.78 is 4.75. The van der Waals surface area contributed by atoms with Crippen molar-refractivity contribution in [3.63, 3.8) is 0 Å². The van der Waals surface area contributed by atoms with Gasteiger partial charge < -0.3 is 15.4 Å². The van der Waals surface area contributed by atoms with Crippen LogP contribution >= 0.6 is 11.3 Å². The van der Waals surface area contributed by atoms with Gasteiger partial charge in [-0.15, -0.1) is 11.3 Å². The number of hydrogen-bond acceptors (Lipinski definition) is 5. The minimum atomic E-state index is -0.926. The Morgan fingerprint density at radius 3 is 2.33 bits per heavy atom. The molecule has 0 fully saturated rings. The van der Waals surface area contributed by atoms with E-state index in [2.05, 4.69) is 10.6 Å². The van der Waals surface area contributed by atoms with Gasteiger partial charge in [0.2, 0.25) is 5.91 Å². The highest BCUT2D eigenvalue weighted by Crippen LogP contribution is 2.14. The molecule has 1 aromatic carbocycles. The first kappa shape index (κ1) is 17.7. The summed E-state index contributed by atoms with van der Waals surface area (Å²) in [5.41, 5.74) is 0.606. The standard InChI is InChI=1S/C17H18N2O4S/c1-11(18-16(21)13-9-6-10-24-13)15(20)19-14(17(22)23-2)12-7-4-3-5-8-12/h3-11,14H,1-2H3,(H,18,21)(H,19,20)/t11-,14+/m1/s1. The van der Waals surface area contributed by atoms with Crippen molar-refractivity contribution < 1.29 is 19.1 Å². The fourth-order valence-corrected chi connectivity index (χ4v) is 2.68. The molecule has 2 N–H and O–H groups in total. The Morgan fingerprint density at radius 2 is 1.75 bits per heavy atom. The van der Waals surface area contributed by atoms with Gasteiger partial charge in [0.05, 0.1) is 12.0 Å². The summed E-state index contributed by atoms with van der Waals surface area (Å²) in [6.45, 7) is 1.56. The highest BCUT2D eigenvalue weighted by Gasteiger charge is 2.26. The van der Waals surface area contributed by atoms with Gasteiger partial charge in [-0.2, -0.15) is 0 Å². The van der Waals surface area contributed by atoms with Crippen LogP contribution in [0.1, 0.15) is 28.2 Å². The van der Waals surface area contributed by atoms with Gasteiger partial charge in [0.25, 0.3) is 5.91 Å². The smallest absolute Gasteiger partial charge is 0.333 e. The molecule has 2 rings (SSSR count). The zero-order valence-corrected chi connectivity index (χ0v) is 14.1. The van der Waals surface area contributed by atoms with Crippen molar-refractivity contribution in [2.45, 2.75) is 19.0 Å². The Hall–Kier alpha value is -2.67. The molecule has 24 heavy (non-hydrogen) atoms. The van der Waals surface area contributed by atoms with Crippen LogP contribution in [0.15, 0.2) is 47.8 Å². The van der Waals surface area contributed by atoms with Crippen LogP contribution in [0.3, 0.4) is 0 Å². The van der Waals surface area contributed by atoms with Crippen LogP contribution in [0.2, 0.25) is 0 Å². The molecule has 7 heteroatoms. The van der Waals surface area contributed by atoms with E-state index in [0.29, 0.717) is 10.4 Å². The topological polar surface area (TPSA) is 84.5 Å². The van der Waals surface area contributed by atoms with E-state index in [1.807, 2.05) is 6.07 Å². The van der Waals surface area contributed by atoms with E-state index in [1.54, 1.807) is 48.7 Å². The minimum Gasteiger partial charge on any atom is -0.467 e. The summed E-state index contributed by atoms with van der Waals surface area (Å²) in [7, 11) is 1.26. The SMILES string of the molecule is COC(=O)[C@@H](NC(=O)[C@@H](C)NC(=O)c1cccs1)c1ccccc1. The monoisotopic (exact) mass is 346 g/mol. The zero-order valence-electron chi connectivity index (χ0n) is 13.3. The fourth-order valence-electron chi connectivity index (χ4n) is 2.05. The van der Waals surface area contributed by atoms with E-state index >= 15 is 0 Å². The molecule has 2 atom stereocenters. The molecular formula is C17H18N2O4S. The second-order valence-electron chi connectivity index (χ2n) is 5.05. The summed E-state index contributed by atoms with van der Waals surface area (Å²) in [5.74, 6) is -1.38. The van der Waals surface area contributed by atoms with E-state index in [-0.39, 0.29) is 5.91 Å². The maximum atomic E-state index is 12.3. The number of carbonyl (C=O) groups is 3. The predicted molar refractivity (Wildman–Crippen MR) is 90.6 cm³/mol. The average Bonchev–Trinajstić information content (AvgIpc) is 3.14. The molecule has 2 aromatic rings. The molecule has 0 bridgehead atoms. The number of hydrogen-bond donors (Lipinski definition) is 2. The minimum absolute atomic E-state index is 0.332. The van der Waals surface area contributed by atoms with Crippen LogP contribution in [0.25, 0.3) is 0 Å². The molecule has 0 radical (unpaired) electrons. The Labute approximate surface area is 143 Å². The van der Waals surface area contributed by atoms with E-state index in [4.69, 9.17) is 4.74 Å². The Morgan fingerprint density at radius 1 is 1.04 bits per heavy atom. The van der Waals surface area contributed by atoms with Crippen molar-refractivity contribution >= 4 is 29.1 Å². The number of amides is 2. The highest BCUT2D eigenvalue weighted by atomic mass is 32.1. The van der Waals surface area contributed by atoms with Crippen LogP contribution in [-0.4, -0.2) is 30.9 Å². The molecule has 0 saturated heterocycles. The lowest BCUT2D eigenvalue weighted by Gasteiger charge is -2.20. The number of rotatable bonds is 6. The summed E-state index contributed by atoms with van der Waals surface area (Å²) in [4.78, 5) is 36.8. The number of methoxy groups -OCH3 is 1. The summed E-state index contributed by atoms with van der Waals surface area (Å²) in [6.07, 6.45) is 0. The molecule has 1 aromatic heterocycles. The van der Waals surface area contributed by atoms with Gasteiger partial charge in [0.15, 0.2) is 6.04 Å². The number of nitrogens with one attached hydrogen (secondary N) is 2. The zero-order chi connectivity index (χ0) is 17.5. The quantitative estimate of drug-likeness (QED) is 0.783. The van der Waals surface area contributed by atoms with E-state index in [1.165, 1.54) is 18.4 Å². The van der Waals surface area contributed by atoms with Crippen molar-refractivity contribution in [1.29, 1.82) is 0 Å². The van der Waals surface area contributed by atoms with Crippen LogP contribution in [-0.2, 0) is 14.3 Å². The summed E-state index contributed by atoms with van der Waals surface area (Å²) >= 11 is 1.29. The number of esters is 1. The lowest BCUT2D eigenvalue weighted by molar-refractivity contribution is -0.145. The van der Waals surface area contributed by atoms with Gasteiger partial charge in [-0.3, -0.25) is 9.59 Å². The Kier molecular flexibility index (Phi) is 6.08. The Balaban J connectivity index is 2.04. The summed E-state index contributed by atoms with van der Waals surface area (Å²) in [6, 6.07) is 10.5. The average molecular weight is 346 g/mol. The van der Waals surface area contributed by atoms with Gasteiger partial charge in [-0.25, -0.2) is 4.79 Å². The maximum absolute atomic E-state index is 12.3. The van der Waals surface area contributed by atoms with Crippen LogP contribution in [0, 0.1) is 0 Å². The van der Waals surface area contributed by atoms with Gasteiger partial charge in [-0.05, 0) is 23.9 Å². The molecule has 2 amide bonds. The number of ether oxygens (including phenoxy) is 1. The lowest BCUT2D eigenvalue weighted by atomic mass is 10.1. The third kappa shape index (κ3) is 4.42. The van der Waals surface area contributed by atoms with Gasteiger partial charge in [0, 0.05) is 0 Å². The number of thiophene rings is 1. The third-order valence-electron chi connectivity index (χ3n) is 3.34.